The molecule has 3 aromatic rings. The smallest absolute Gasteiger partial charge is 0.343 e. The van der Waals surface area contributed by atoms with Crippen molar-refractivity contribution in [3.05, 3.63) is 64.9 Å². The number of aromatic carboxylic acids is 1. The second kappa shape index (κ2) is 10.8. The summed E-state index contributed by atoms with van der Waals surface area (Å²) in [7, 11) is 1.55. The Labute approximate surface area is 170 Å². The Morgan fingerprint density at radius 2 is 2.00 bits per heavy atom. The van der Waals surface area contributed by atoms with Gasteiger partial charge >= 0.3 is 5.97 Å². The van der Waals surface area contributed by atoms with Gasteiger partial charge in [-0.15, -0.1) is 0 Å². The zero-order chi connectivity index (χ0) is 21.2. The molecule has 3 rings (SSSR count). The van der Waals surface area contributed by atoms with Crippen LogP contribution in [0.25, 0.3) is 11.3 Å². The number of ether oxygens (including phenoxy) is 1. The highest BCUT2D eigenvalue weighted by Crippen LogP contribution is 2.31. The van der Waals surface area contributed by atoms with Crippen molar-refractivity contribution >= 4 is 29.9 Å². The first kappa shape index (κ1) is 21.9. The molecule has 3 N–H and O–H groups in total. The van der Waals surface area contributed by atoms with Crippen LogP contribution in [0.5, 0.6) is 0 Å². The van der Waals surface area contributed by atoms with E-state index in [2.05, 4.69) is 15.5 Å². The van der Waals surface area contributed by atoms with Gasteiger partial charge in [-0.1, -0.05) is 22.8 Å². The fraction of sp³-hybridized carbons (Fsp3) is 0.158. The summed E-state index contributed by atoms with van der Waals surface area (Å²) >= 11 is 5.88. The van der Waals surface area contributed by atoms with E-state index < -0.39 is 5.97 Å². The molecule has 1 unspecified atom stereocenters. The third kappa shape index (κ3) is 5.77. The van der Waals surface area contributed by atoms with Gasteiger partial charge in [-0.05, 0) is 36.4 Å². The molecule has 0 saturated carbocycles. The number of methoxy groups -OCH3 is 1. The number of benzene rings is 1. The molecule has 0 aliphatic heterocycles. The Balaban J connectivity index is 0.000000941. The van der Waals surface area contributed by atoms with E-state index in [0.29, 0.717) is 16.3 Å². The van der Waals surface area contributed by atoms with Gasteiger partial charge < -0.3 is 24.8 Å². The van der Waals surface area contributed by atoms with Crippen molar-refractivity contribution in [1.82, 2.24) is 10.1 Å². The van der Waals surface area contributed by atoms with Gasteiger partial charge in [0, 0.05) is 23.9 Å². The van der Waals surface area contributed by atoms with Gasteiger partial charge in [0.25, 0.3) is 6.47 Å². The molecule has 0 aliphatic rings. The number of anilines is 1. The lowest BCUT2D eigenvalue weighted by Crippen LogP contribution is -2.19. The Bertz CT molecular complexity index is 931. The van der Waals surface area contributed by atoms with Gasteiger partial charge in [-0.25, -0.2) is 4.79 Å². The van der Waals surface area contributed by atoms with Crippen molar-refractivity contribution in [3.63, 3.8) is 0 Å². The second-order valence-electron chi connectivity index (χ2n) is 5.56. The summed E-state index contributed by atoms with van der Waals surface area (Å²) in [6.45, 7) is 0.0270. The van der Waals surface area contributed by atoms with Crippen molar-refractivity contribution in [3.8, 4) is 11.3 Å². The minimum absolute atomic E-state index is 0.0654. The maximum atomic E-state index is 11.8. The highest BCUT2D eigenvalue weighted by atomic mass is 35.5. The van der Waals surface area contributed by atoms with E-state index in [4.69, 9.17) is 30.8 Å². The summed E-state index contributed by atoms with van der Waals surface area (Å²) in [4.78, 5) is 24.4. The number of carboxylic acids is 1. The maximum Gasteiger partial charge on any atom is 0.343 e. The Hall–Kier alpha value is -3.43. The van der Waals surface area contributed by atoms with Crippen LogP contribution in [0.3, 0.4) is 0 Å². The highest BCUT2D eigenvalue weighted by Gasteiger charge is 2.26. The monoisotopic (exact) mass is 419 g/mol. The molecule has 1 atom stereocenters. The summed E-state index contributed by atoms with van der Waals surface area (Å²) in [6, 6.07) is 11.7. The quantitative estimate of drug-likeness (QED) is 0.491. The number of carbonyl (C=O) groups is 2. The third-order valence-corrected chi connectivity index (χ3v) is 3.95. The molecule has 10 heteroatoms. The van der Waals surface area contributed by atoms with Crippen molar-refractivity contribution in [2.24, 2.45) is 0 Å². The van der Waals surface area contributed by atoms with Gasteiger partial charge in [0.15, 0.2) is 17.1 Å². The first-order chi connectivity index (χ1) is 14.0. The Morgan fingerprint density at radius 1 is 1.31 bits per heavy atom. The molecule has 0 radical (unpaired) electrons. The molecule has 0 bridgehead atoms. The topological polar surface area (TPSA) is 135 Å². The predicted octanol–water partition coefficient (Wildman–Crippen LogP) is 3.59. The summed E-state index contributed by atoms with van der Waals surface area (Å²) < 4.78 is 10.5. The third-order valence-electron chi connectivity index (χ3n) is 3.70. The number of halogens is 1. The van der Waals surface area contributed by atoms with E-state index in [-0.39, 0.29) is 36.3 Å². The minimum atomic E-state index is -1.16. The Morgan fingerprint density at radius 3 is 2.55 bits per heavy atom. The highest BCUT2D eigenvalue weighted by molar-refractivity contribution is 6.30. The lowest BCUT2D eigenvalue weighted by atomic mass is 10.1. The summed E-state index contributed by atoms with van der Waals surface area (Å²) in [5.41, 5.74) is 1.19. The molecule has 29 heavy (non-hydrogen) atoms. The molecular weight excluding hydrogens is 402 g/mol. The van der Waals surface area contributed by atoms with Gasteiger partial charge in [-0.3, -0.25) is 9.78 Å². The van der Waals surface area contributed by atoms with E-state index >= 15 is 0 Å². The summed E-state index contributed by atoms with van der Waals surface area (Å²) in [6.07, 6.45) is 1.65. The van der Waals surface area contributed by atoms with Crippen LogP contribution in [-0.4, -0.2) is 46.5 Å². The standard InChI is InChI=1S/C18H16ClN3O4.CH2O2/c1-25-10-14(13-4-2-3-9-20-13)21-17-15(18(23)24)16(26-22-17)11-5-7-12(19)8-6-11;2-1-3/h2-9,14H,10H2,1H3,(H,21,22)(H,23,24);1H,(H,2,3). The fourth-order valence-corrected chi connectivity index (χ4v) is 2.63. The molecule has 9 nitrogen and oxygen atoms in total. The van der Waals surface area contributed by atoms with Crippen LogP contribution in [0.4, 0.5) is 5.82 Å². The van der Waals surface area contributed by atoms with E-state index in [1.807, 2.05) is 12.1 Å². The van der Waals surface area contributed by atoms with Crippen LogP contribution in [-0.2, 0) is 9.53 Å². The minimum Gasteiger partial charge on any atom is -0.483 e. The SMILES string of the molecule is COCC(Nc1noc(-c2ccc(Cl)cc2)c1C(=O)O)c1ccccn1.O=CO. The molecular formula is C19H18ClN3O6. The average molecular weight is 420 g/mol. The van der Waals surface area contributed by atoms with E-state index in [1.54, 1.807) is 43.6 Å². The average Bonchev–Trinajstić information content (AvgIpc) is 3.13. The van der Waals surface area contributed by atoms with Crippen molar-refractivity contribution in [2.45, 2.75) is 6.04 Å². The molecule has 0 amide bonds. The number of nitrogens with one attached hydrogen (secondary N) is 1. The molecule has 0 spiro atoms. The van der Waals surface area contributed by atoms with Crippen molar-refractivity contribution in [1.29, 1.82) is 0 Å². The molecule has 152 valence electrons. The summed E-state index contributed by atoms with van der Waals surface area (Å²) in [5.74, 6) is -0.903. The summed E-state index contributed by atoms with van der Waals surface area (Å²) in [5, 5.41) is 24.0. The molecule has 0 fully saturated rings. The number of pyridine rings is 1. The molecule has 2 heterocycles. The number of rotatable bonds is 7. The van der Waals surface area contributed by atoms with E-state index in [9.17, 15) is 9.90 Å². The van der Waals surface area contributed by atoms with E-state index in [1.165, 1.54) is 0 Å². The van der Waals surface area contributed by atoms with Gasteiger partial charge in [0.05, 0.1) is 18.3 Å². The molecule has 0 saturated heterocycles. The lowest BCUT2D eigenvalue weighted by Gasteiger charge is -2.17. The van der Waals surface area contributed by atoms with Crippen molar-refractivity contribution < 1.29 is 29.1 Å². The van der Waals surface area contributed by atoms with Crippen LogP contribution in [0.2, 0.25) is 5.02 Å². The van der Waals surface area contributed by atoms with Gasteiger partial charge in [-0.2, -0.15) is 0 Å². The second-order valence-corrected chi connectivity index (χ2v) is 6.00. The normalized spacial score (nSPS) is 11.1. The largest absolute Gasteiger partial charge is 0.483 e. The number of hydrogen-bond donors (Lipinski definition) is 3. The van der Waals surface area contributed by atoms with Crippen LogP contribution in [0.1, 0.15) is 22.1 Å². The number of hydrogen-bond acceptors (Lipinski definition) is 7. The van der Waals surface area contributed by atoms with E-state index in [0.717, 1.165) is 0 Å². The van der Waals surface area contributed by atoms with Gasteiger partial charge in [0.1, 0.15) is 0 Å². The number of nitrogens with zero attached hydrogens (tertiary/aromatic N) is 2. The first-order valence-corrected chi connectivity index (χ1v) is 8.62. The fourth-order valence-electron chi connectivity index (χ4n) is 2.50. The Kier molecular flexibility index (Phi) is 8.13. The van der Waals surface area contributed by atoms with Crippen LogP contribution in [0.15, 0.2) is 53.2 Å². The maximum absolute atomic E-state index is 11.8. The predicted molar refractivity (Wildman–Crippen MR) is 105 cm³/mol. The van der Waals surface area contributed by atoms with Crippen molar-refractivity contribution in [2.75, 3.05) is 19.0 Å². The number of carboxylic acid groups (broad SMARTS) is 2. The molecule has 2 aromatic heterocycles. The zero-order valence-electron chi connectivity index (χ0n) is 15.3. The zero-order valence-corrected chi connectivity index (χ0v) is 16.0. The van der Waals surface area contributed by atoms with Crippen LogP contribution in [0, 0.1) is 0 Å². The van der Waals surface area contributed by atoms with Gasteiger partial charge in [0.2, 0.25) is 0 Å². The van der Waals surface area contributed by atoms with Crippen LogP contribution < -0.4 is 5.32 Å². The molecule has 0 aliphatic carbocycles. The first-order valence-electron chi connectivity index (χ1n) is 8.25. The van der Waals surface area contributed by atoms with Crippen LogP contribution >= 0.6 is 11.6 Å². The number of aromatic nitrogens is 2. The lowest BCUT2D eigenvalue weighted by molar-refractivity contribution is -0.122. The molecule has 1 aromatic carbocycles.